The van der Waals surface area contributed by atoms with Crippen LogP contribution in [-0.4, -0.2) is 69.7 Å². The van der Waals surface area contributed by atoms with E-state index in [0.717, 1.165) is 0 Å². The maximum atomic E-state index is 13.3. The summed E-state index contributed by atoms with van der Waals surface area (Å²) >= 11 is 0. The molecule has 1 saturated heterocycles. The average molecular weight is 486 g/mol. The summed E-state index contributed by atoms with van der Waals surface area (Å²) in [5.41, 5.74) is 0.231. The molecule has 1 aliphatic rings. The Bertz CT molecular complexity index is 1270. The van der Waals surface area contributed by atoms with Gasteiger partial charge < -0.3 is 39.1 Å². The lowest BCUT2D eigenvalue weighted by atomic mass is 9.99. The summed E-state index contributed by atoms with van der Waals surface area (Å²) in [5.74, 6) is -2.75. The Morgan fingerprint density at radius 1 is 0.914 bits per heavy atom. The molecule has 0 bridgehead atoms. The number of ether oxygens (including phenoxy) is 3. The fourth-order valence-corrected chi connectivity index (χ4v) is 3.63. The van der Waals surface area contributed by atoms with Gasteiger partial charge in [0.1, 0.15) is 43.0 Å². The standard InChI is InChI=1S/C24H22O11/c25-16(26)10-17(27)32-11-15-19(29)20(30)21(31)24(34-15)35-23-18(28)13-8-4-5-9-14(13)33-22(23)12-6-2-1-3-7-12/h1-9,15,19-21,24,29-31H,10-11H2,(H,25,26). The highest BCUT2D eigenvalue weighted by atomic mass is 16.7. The Morgan fingerprint density at radius 3 is 2.31 bits per heavy atom. The van der Waals surface area contributed by atoms with E-state index in [-0.39, 0.29) is 16.9 Å². The van der Waals surface area contributed by atoms with Gasteiger partial charge >= 0.3 is 11.9 Å². The van der Waals surface area contributed by atoms with Crippen LogP contribution < -0.4 is 10.2 Å². The van der Waals surface area contributed by atoms with Crippen LogP contribution in [0.3, 0.4) is 0 Å². The first-order valence-corrected chi connectivity index (χ1v) is 10.6. The summed E-state index contributed by atoms with van der Waals surface area (Å²) in [5, 5.41) is 39.9. The molecule has 5 unspecified atom stereocenters. The van der Waals surface area contributed by atoms with E-state index in [1.54, 1.807) is 48.5 Å². The highest BCUT2D eigenvalue weighted by Crippen LogP contribution is 2.33. The monoisotopic (exact) mass is 486 g/mol. The van der Waals surface area contributed by atoms with Crippen molar-refractivity contribution in [3.05, 3.63) is 64.8 Å². The fourth-order valence-electron chi connectivity index (χ4n) is 3.63. The first-order chi connectivity index (χ1) is 16.8. The van der Waals surface area contributed by atoms with E-state index in [2.05, 4.69) is 0 Å². The van der Waals surface area contributed by atoms with Gasteiger partial charge in [0.2, 0.25) is 17.5 Å². The Labute approximate surface area is 197 Å². The van der Waals surface area contributed by atoms with Crippen LogP contribution in [0.4, 0.5) is 0 Å². The number of carboxylic acids is 1. The maximum Gasteiger partial charge on any atom is 0.317 e. The number of para-hydroxylation sites is 1. The number of hydrogen-bond donors (Lipinski definition) is 4. The van der Waals surface area contributed by atoms with Crippen molar-refractivity contribution in [2.75, 3.05) is 6.61 Å². The van der Waals surface area contributed by atoms with Gasteiger partial charge in [-0.25, -0.2) is 0 Å². The number of carbonyl (C=O) groups excluding carboxylic acids is 1. The second-order valence-electron chi connectivity index (χ2n) is 7.84. The maximum absolute atomic E-state index is 13.3. The molecule has 5 atom stereocenters. The molecule has 2 aromatic carbocycles. The van der Waals surface area contributed by atoms with Gasteiger partial charge in [0, 0.05) is 5.56 Å². The molecule has 0 saturated carbocycles. The minimum Gasteiger partial charge on any atom is -0.481 e. The molecular weight excluding hydrogens is 464 g/mol. The molecule has 11 nitrogen and oxygen atoms in total. The van der Waals surface area contributed by atoms with Gasteiger partial charge in [0.05, 0.1) is 5.39 Å². The molecule has 2 heterocycles. The SMILES string of the molecule is O=C(O)CC(=O)OCC1OC(Oc2c(-c3ccccc3)oc3ccccc3c2=O)C(O)C(O)C1O. The molecule has 11 heteroatoms. The molecule has 0 spiro atoms. The van der Waals surface area contributed by atoms with Gasteiger partial charge in [0.15, 0.2) is 5.76 Å². The molecule has 0 aliphatic carbocycles. The van der Waals surface area contributed by atoms with Crippen molar-refractivity contribution < 1.29 is 48.6 Å². The van der Waals surface area contributed by atoms with Crippen molar-refractivity contribution in [3.8, 4) is 17.1 Å². The summed E-state index contributed by atoms with van der Waals surface area (Å²) < 4.78 is 22.0. The van der Waals surface area contributed by atoms with Crippen molar-refractivity contribution in [2.45, 2.75) is 37.1 Å². The first-order valence-electron chi connectivity index (χ1n) is 10.6. The third kappa shape index (κ3) is 5.17. The molecule has 1 fully saturated rings. The first kappa shape index (κ1) is 24.4. The molecule has 0 amide bonds. The highest BCUT2D eigenvalue weighted by molar-refractivity contribution is 5.90. The Kier molecular flexibility index (Phi) is 7.12. The van der Waals surface area contributed by atoms with Crippen molar-refractivity contribution >= 4 is 22.9 Å². The second-order valence-corrected chi connectivity index (χ2v) is 7.84. The molecule has 1 aliphatic heterocycles. The Hall–Kier alpha value is -3.77. The zero-order chi connectivity index (χ0) is 25.1. The van der Waals surface area contributed by atoms with Crippen molar-refractivity contribution in [1.82, 2.24) is 0 Å². The predicted octanol–water partition coefficient (Wildman–Crippen LogP) is 0.664. The van der Waals surface area contributed by atoms with Gasteiger partial charge in [0.25, 0.3) is 0 Å². The largest absolute Gasteiger partial charge is 0.481 e. The van der Waals surface area contributed by atoms with Crippen LogP contribution in [0.15, 0.2) is 63.8 Å². The number of aliphatic hydroxyl groups excluding tert-OH is 3. The lowest BCUT2D eigenvalue weighted by Crippen LogP contribution is -2.60. The minimum absolute atomic E-state index is 0.0511. The number of rotatable bonds is 7. The summed E-state index contributed by atoms with van der Waals surface area (Å²) in [6.45, 7) is -0.630. The molecule has 4 N–H and O–H groups in total. The normalized spacial score (nSPS) is 24.1. The van der Waals surface area contributed by atoms with Crippen LogP contribution in [0, 0.1) is 0 Å². The number of carboxylic acid groups (broad SMARTS) is 1. The van der Waals surface area contributed by atoms with Gasteiger partial charge in [-0.15, -0.1) is 0 Å². The van der Waals surface area contributed by atoms with Crippen molar-refractivity contribution in [2.24, 2.45) is 0 Å². The van der Waals surface area contributed by atoms with Crippen LogP contribution in [0.2, 0.25) is 0 Å². The second kappa shape index (κ2) is 10.2. The predicted molar refractivity (Wildman–Crippen MR) is 118 cm³/mol. The third-order valence-corrected chi connectivity index (χ3v) is 5.40. The van der Waals surface area contributed by atoms with Crippen LogP contribution in [0.1, 0.15) is 6.42 Å². The van der Waals surface area contributed by atoms with Crippen molar-refractivity contribution in [3.63, 3.8) is 0 Å². The number of esters is 1. The van der Waals surface area contributed by atoms with Gasteiger partial charge in [-0.3, -0.25) is 14.4 Å². The molecule has 184 valence electrons. The number of fused-ring (bicyclic) bond motifs is 1. The summed E-state index contributed by atoms with van der Waals surface area (Å²) in [4.78, 5) is 35.5. The quantitative estimate of drug-likeness (QED) is 0.273. The molecule has 35 heavy (non-hydrogen) atoms. The molecule has 1 aromatic heterocycles. The minimum atomic E-state index is -1.79. The zero-order valence-corrected chi connectivity index (χ0v) is 18.1. The van der Waals surface area contributed by atoms with E-state index >= 15 is 0 Å². The van der Waals surface area contributed by atoms with Gasteiger partial charge in [-0.2, -0.15) is 0 Å². The smallest absolute Gasteiger partial charge is 0.317 e. The lowest BCUT2D eigenvalue weighted by molar-refractivity contribution is -0.278. The van der Waals surface area contributed by atoms with Crippen molar-refractivity contribution in [1.29, 1.82) is 0 Å². The van der Waals surface area contributed by atoms with Crippen LogP contribution in [0.25, 0.3) is 22.3 Å². The van der Waals surface area contributed by atoms with E-state index in [1.807, 2.05) is 0 Å². The lowest BCUT2D eigenvalue weighted by Gasteiger charge is -2.39. The number of aliphatic carboxylic acids is 1. The van der Waals surface area contributed by atoms with Crippen LogP contribution in [0.5, 0.6) is 5.75 Å². The number of aliphatic hydroxyl groups is 3. The number of carbonyl (C=O) groups is 2. The number of benzene rings is 2. The Balaban J connectivity index is 1.66. The summed E-state index contributed by atoms with van der Waals surface area (Å²) in [6.07, 6.45) is -9.22. The summed E-state index contributed by atoms with van der Waals surface area (Å²) in [6, 6.07) is 15.1. The third-order valence-electron chi connectivity index (χ3n) is 5.40. The Morgan fingerprint density at radius 2 is 1.60 bits per heavy atom. The fraction of sp³-hybridized carbons (Fsp3) is 0.292. The number of hydrogen-bond acceptors (Lipinski definition) is 10. The van der Waals surface area contributed by atoms with E-state index in [0.29, 0.717) is 11.1 Å². The van der Waals surface area contributed by atoms with Gasteiger partial charge in [-0.05, 0) is 12.1 Å². The average Bonchev–Trinajstić information content (AvgIpc) is 2.85. The summed E-state index contributed by atoms with van der Waals surface area (Å²) in [7, 11) is 0. The molecule has 3 aromatic rings. The van der Waals surface area contributed by atoms with E-state index < -0.39 is 61.1 Å². The van der Waals surface area contributed by atoms with Gasteiger partial charge in [-0.1, -0.05) is 42.5 Å². The van der Waals surface area contributed by atoms with E-state index in [1.165, 1.54) is 6.07 Å². The van der Waals surface area contributed by atoms with E-state index in [4.69, 9.17) is 23.7 Å². The molecular formula is C24H22O11. The van der Waals surface area contributed by atoms with Crippen LogP contribution >= 0.6 is 0 Å². The topological polar surface area (TPSA) is 173 Å². The van der Waals surface area contributed by atoms with Crippen LogP contribution in [-0.2, 0) is 19.1 Å². The van der Waals surface area contributed by atoms with E-state index in [9.17, 15) is 29.7 Å². The highest BCUT2D eigenvalue weighted by Gasteiger charge is 2.46. The molecule has 0 radical (unpaired) electrons. The molecule has 4 rings (SSSR count). The zero-order valence-electron chi connectivity index (χ0n) is 18.1.